The number of Topliss-reactive ketones (excluding diaryl/α,β-unsaturated/α-hetero) is 2. The molecule has 0 aliphatic carbocycles. The Labute approximate surface area is 257 Å². The number of rotatable bonds is 5. The van der Waals surface area contributed by atoms with Gasteiger partial charge in [-0.3, -0.25) is 14.4 Å². The highest BCUT2D eigenvalue weighted by Crippen LogP contribution is 2.46. The van der Waals surface area contributed by atoms with Crippen LogP contribution in [0.5, 0.6) is 0 Å². The summed E-state index contributed by atoms with van der Waals surface area (Å²) in [5.74, 6) is -4.39. The molecule has 0 amide bonds. The average Bonchev–Trinajstić information content (AvgIpc) is 3.27. The minimum atomic E-state index is -1.16. The van der Waals surface area contributed by atoms with Crippen molar-refractivity contribution in [3.63, 3.8) is 0 Å². The number of carbonyl (C=O) groups excluding carboxylic acids is 3. The van der Waals surface area contributed by atoms with Gasteiger partial charge in [0.15, 0.2) is 12.1 Å². The van der Waals surface area contributed by atoms with Gasteiger partial charge in [-0.1, -0.05) is 34.3 Å². The van der Waals surface area contributed by atoms with Crippen molar-refractivity contribution in [2.24, 2.45) is 29.6 Å². The predicted octanol–water partition coefficient (Wildman–Crippen LogP) is 3.57. The summed E-state index contributed by atoms with van der Waals surface area (Å²) in [6, 6.07) is -0.232. The van der Waals surface area contributed by atoms with Crippen LogP contribution in [0, 0.1) is 29.6 Å². The molecule has 43 heavy (non-hydrogen) atoms. The number of carbonyl (C=O) groups is 3. The van der Waals surface area contributed by atoms with E-state index in [2.05, 4.69) is 6.58 Å². The van der Waals surface area contributed by atoms with Crippen LogP contribution < -0.4 is 0 Å². The topological polar surface area (TPSA) is 121 Å². The van der Waals surface area contributed by atoms with Crippen molar-refractivity contribution in [1.29, 1.82) is 0 Å². The Balaban J connectivity index is 2.10. The number of methoxy groups -OCH3 is 1. The molecule has 246 valence electrons. The van der Waals surface area contributed by atoms with Crippen molar-refractivity contribution in [3.8, 4) is 0 Å². The fraction of sp³-hybridized carbons (Fsp3) is 0.848. The number of nitrogens with zero attached hydrogens (tertiary/aromatic N) is 1. The molecule has 10 nitrogen and oxygen atoms in total. The summed E-state index contributed by atoms with van der Waals surface area (Å²) >= 11 is 0. The summed E-state index contributed by atoms with van der Waals surface area (Å²) < 4.78 is 30.9. The monoisotopic (exact) mass is 609 g/mol. The number of aliphatic hydroxyl groups is 1. The Kier molecular flexibility index (Phi) is 11.4. The van der Waals surface area contributed by atoms with E-state index in [1.807, 2.05) is 60.5 Å². The standard InChI is InChI=1S/C33H55NO9/c1-13-24-33(9)25(18(3)16-40-33)20(5)26(35)17(2)15-32(8,39-12)29(21(6)27(36)22(7)30(38)42-24)43-31-28(37)23(34(10)11)14-19(4)41-31/h17,19-25,28-29,31,37H,3,13-16H2,1-2,4-12H3/t17-,19-,20?,21+,22-,23+,24-,25?,28-,29-,31+,32-,33-/m1/s1. The second kappa shape index (κ2) is 13.7. The lowest BCUT2D eigenvalue weighted by Crippen LogP contribution is -2.59. The molecule has 3 heterocycles. The van der Waals surface area contributed by atoms with Gasteiger partial charge in [-0.25, -0.2) is 0 Å². The first-order valence-corrected chi connectivity index (χ1v) is 15.7. The van der Waals surface area contributed by atoms with E-state index < -0.39 is 71.2 Å². The molecular weight excluding hydrogens is 554 g/mol. The number of hydrogen-bond acceptors (Lipinski definition) is 10. The van der Waals surface area contributed by atoms with Crippen molar-refractivity contribution in [2.45, 2.75) is 123 Å². The molecular formula is C33H55NO9. The molecule has 0 saturated carbocycles. The molecule has 2 unspecified atom stereocenters. The third kappa shape index (κ3) is 6.94. The Morgan fingerprint density at radius 3 is 2.23 bits per heavy atom. The molecule has 0 spiro atoms. The summed E-state index contributed by atoms with van der Waals surface area (Å²) in [4.78, 5) is 43.5. The van der Waals surface area contributed by atoms with Crippen LogP contribution in [0.1, 0.15) is 74.7 Å². The lowest BCUT2D eigenvalue weighted by molar-refractivity contribution is -0.295. The smallest absolute Gasteiger partial charge is 0.316 e. The fourth-order valence-electron chi connectivity index (χ4n) is 7.71. The molecule has 0 radical (unpaired) electrons. The maximum Gasteiger partial charge on any atom is 0.316 e. The van der Waals surface area contributed by atoms with Gasteiger partial charge in [-0.2, -0.15) is 0 Å². The zero-order valence-electron chi connectivity index (χ0n) is 28.0. The number of hydrogen-bond donors (Lipinski definition) is 1. The predicted molar refractivity (Wildman–Crippen MR) is 161 cm³/mol. The second-order valence-electron chi connectivity index (χ2n) is 13.8. The Hall–Kier alpha value is -1.69. The first-order chi connectivity index (χ1) is 19.9. The highest BCUT2D eigenvalue weighted by molar-refractivity contribution is 6.00. The van der Waals surface area contributed by atoms with Gasteiger partial charge in [-0.15, -0.1) is 0 Å². The Morgan fingerprint density at radius 1 is 1.05 bits per heavy atom. The third-order valence-corrected chi connectivity index (χ3v) is 10.3. The second-order valence-corrected chi connectivity index (χ2v) is 13.8. The third-order valence-electron chi connectivity index (χ3n) is 10.3. The molecule has 3 rings (SSSR count). The van der Waals surface area contributed by atoms with E-state index in [-0.39, 0.29) is 36.9 Å². The van der Waals surface area contributed by atoms with Crippen LogP contribution >= 0.6 is 0 Å². The Morgan fingerprint density at radius 2 is 1.67 bits per heavy atom. The Bertz CT molecular complexity index is 1050. The fourth-order valence-corrected chi connectivity index (χ4v) is 7.71. The van der Waals surface area contributed by atoms with Gasteiger partial charge in [0.1, 0.15) is 29.5 Å². The highest BCUT2D eigenvalue weighted by atomic mass is 16.7. The highest BCUT2D eigenvalue weighted by Gasteiger charge is 2.55. The van der Waals surface area contributed by atoms with Gasteiger partial charge >= 0.3 is 5.97 Å². The normalized spacial score (nSPS) is 45.6. The zero-order chi connectivity index (χ0) is 32.6. The number of likely N-dealkylation sites (N-methyl/N-ethyl adjacent to an activating group) is 1. The molecule has 0 aromatic carbocycles. The molecule has 1 N–H and O–H groups in total. The molecule has 3 saturated heterocycles. The maximum absolute atomic E-state index is 14.1. The number of cyclic esters (lactones) is 1. The molecule has 0 bridgehead atoms. The summed E-state index contributed by atoms with van der Waals surface area (Å²) in [5, 5.41) is 11.3. The molecule has 3 aliphatic heterocycles. The van der Waals surface area contributed by atoms with Crippen LogP contribution in [0.3, 0.4) is 0 Å². The molecule has 10 heteroatoms. The largest absolute Gasteiger partial charge is 0.459 e. The average molecular weight is 610 g/mol. The van der Waals surface area contributed by atoms with E-state index in [0.717, 1.165) is 5.57 Å². The minimum Gasteiger partial charge on any atom is -0.459 e. The number of esters is 1. The summed E-state index contributed by atoms with van der Waals surface area (Å²) in [7, 11) is 5.29. The SMILES string of the molecule is C=C1CO[C@@]2(C)C1C(C)C(=O)[C@H](C)C[C@@](C)(OC)[C@H](O[C@@H]1O[C@H](C)C[C@H](N(C)C)[C@H]1O)[C@@H](C)C(=O)[C@@H](C)C(=O)O[C@@H]2CC. The van der Waals surface area contributed by atoms with E-state index in [1.165, 1.54) is 7.11 Å². The van der Waals surface area contributed by atoms with E-state index in [9.17, 15) is 19.5 Å². The lowest BCUT2D eigenvalue weighted by atomic mass is 9.69. The van der Waals surface area contributed by atoms with Gasteiger partial charge in [0.2, 0.25) is 0 Å². The van der Waals surface area contributed by atoms with E-state index >= 15 is 0 Å². The van der Waals surface area contributed by atoms with E-state index in [0.29, 0.717) is 12.8 Å². The van der Waals surface area contributed by atoms with Crippen molar-refractivity contribution in [2.75, 3.05) is 27.8 Å². The van der Waals surface area contributed by atoms with Gasteiger partial charge in [0.05, 0.1) is 24.4 Å². The minimum absolute atomic E-state index is 0.00858. The molecule has 13 atom stereocenters. The van der Waals surface area contributed by atoms with Crippen LogP contribution in [-0.2, 0) is 38.1 Å². The first kappa shape index (κ1) is 35.8. The van der Waals surface area contributed by atoms with Crippen LogP contribution in [-0.4, -0.2) is 103 Å². The lowest BCUT2D eigenvalue weighted by Gasteiger charge is -2.47. The maximum atomic E-state index is 14.1. The van der Waals surface area contributed by atoms with Crippen molar-refractivity contribution >= 4 is 17.5 Å². The van der Waals surface area contributed by atoms with Crippen molar-refractivity contribution in [3.05, 3.63) is 12.2 Å². The number of ether oxygens (including phenoxy) is 5. The van der Waals surface area contributed by atoms with Crippen LogP contribution in [0.25, 0.3) is 0 Å². The number of fused-ring (bicyclic) bond motifs is 1. The molecule has 3 fully saturated rings. The summed E-state index contributed by atoms with van der Waals surface area (Å²) in [6.45, 7) is 18.9. The van der Waals surface area contributed by atoms with Crippen molar-refractivity contribution in [1.82, 2.24) is 4.90 Å². The summed E-state index contributed by atoms with van der Waals surface area (Å²) in [6.07, 6.45) is -2.63. The van der Waals surface area contributed by atoms with Crippen molar-refractivity contribution < 1.29 is 43.2 Å². The van der Waals surface area contributed by atoms with Gasteiger partial charge in [0, 0.05) is 36.8 Å². The van der Waals surface area contributed by atoms with E-state index in [1.54, 1.807) is 13.8 Å². The van der Waals surface area contributed by atoms with E-state index in [4.69, 9.17) is 23.7 Å². The molecule has 0 aromatic rings. The van der Waals surface area contributed by atoms with Gasteiger partial charge in [-0.05, 0) is 66.6 Å². The van der Waals surface area contributed by atoms with Gasteiger partial charge in [0.25, 0.3) is 0 Å². The first-order valence-electron chi connectivity index (χ1n) is 15.7. The van der Waals surface area contributed by atoms with Crippen LogP contribution in [0.4, 0.5) is 0 Å². The van der Waals surface area contributed by atoms with Crippen LogP contribution in [0.2, 0.25) is 0 Å². The molecule has 3 aliphatic rings. The van der Waals surface area contributed by atoms with Crippen LogP contribution in [0.15, 0.2) is 12.2 Å². The molecule has 0 aromatic heterocycles. The number of ketones is 2. The van der Waals surface area contributed by atoms with Gasteiger partial charge < -0.3 is 33.7 Å². The number of aliphatic hydroxyl groups excluding tert-OH is 1. The zero-order valence-corrected chi connectivity index (χ0v) is 28.0. The summed E-state index contributed by atoms with van der Waals surface area (Å²) in [5.41, 5.74) is -1.36. The quantitative estimate of drug-likeness (QED) is 0.281.